The van der Waals surface area contributed by atoms with Gasteiger partial charge in [-0.1, -0.05) is 53.6 Å². The molecule has 4 aromatic carbocycles. The number of aryl methyl sites for hydroxylation is 1. The maximum absolute atomic E-state index is 14.3. The number of hydrogen-bond donors (Lipinski definition) is 0. The fraction of sp³-hybridized carbons (Fsp3) is 0.200. The van der Waals surface area contributed by atoms with E-state index < -0.39 is 16.1 Å². The fourth-order valence-electron chi connectivity index (χ4n) is 5.04. The lowest BCUT2D eigenvalue weighted by molar-refractivity contribution is 0.319. The summed E-state index contributed by atoms with van der Waals surface area (Å²) in [5.41, 5.74) is 4.14. The molecule has 0 aromatic heterocycles. The lowest BCUT2D eigenvalue weighted by Crippen LogP contribution is -2.42. The Kier molecular flexibility index (Phi) is 7.18. The van der Waals surface area contributed by atoms with Gasteiger partial charge in [0.05, 0.1) is 25.2 Å². The monoisotopic (exact) mass is 551 g/mol. The summed E-state index contributed by atoms with van der Waals surface area (Å²) in [6.07, 6.45) is 0. The molecular weight excluding hydrogens is 525 g/mol. The number of methoxy groups -OCH3 is 2. The summed E-state index contributed by atoms with van der Waals surface area (Å²) in [5.74, 6) is 0.273. The topological polar surface area (TPSA) is 55.8 Å². The van der Waals surface area contributed by atoms with Crippen LogP contribution in [0.5, 0.6) is 11.5 Å². The van der Waals surface area contributed by atoms with Crippen molar-refractivity contribution < 1.29 is 22.3 Å². The second-order valence-electron chi connectivity index (χ2n) is 9.28. The van der Waals surface area contributed by atoms with Gasteiger partial charge in [-0.2, -0.15) is 4.31 Å². The van der Waals surface area contributed by atoms with Crippen LogP contribution in [-0.4, -0.2) is 33.5 Å². The summed E-state index contributed by atoms with van der Waals surface area (Å²) in [4.78, 5) is 0.198. The lowest BCUT2D eigenvalue weighted by atomic mass is 9.80. The predicted molar refractivity (Wildman–Crippen MR) is 146 cm³/mol. The van der Waals surface area contributed by atoms with Gasteiger partial charge in [0.1, 0.15) is 5.82 Å². The van der Waals surface area contributed by atoms with Gasteiger partial charge >= 0.3 is 0 Å². The van der Waals surface area contributed by atoms with Crippen molar-refractivity contribution >= 4 is 21.6 Å². The molecule has 8 heteroatoms. The molecule has 2 atom stereocenters. The smallest absolute Gasteiger partial charge is 0.243 e. The molecule has 4 aromatic rings. The summed E-state index contributed by atoms with van der Waals surface area (Å²) in [6.45, 7) is 2.05. The van der Waals surface area contributed by atoms with Crippen molar-refractivity contribution in [1.82, 2.24) is 4.31 Å². The molecule has 0 fully saturated rings. The minimum absolute atomic E-state index is 0.137. The molecule has 0 spiro atoms. The van der Waals surface area contributed by atoms with Gasteiger partial charge in [0, 0.05) is 17.5 Å². The Morgan fingerprint density at radius 1 is 0.816 bits per heavy atom. The molecule has 5 rings (SSSR count). The van der Waals surface area contributed by atoms with Gasteiger partial charge in [-0.15, -0.1) is 0 Å². The van der Waals surface area contributed by atoms with Crippen LogP contribution in [0.25, 0.3) is 0 Å². The quantitative estimate of drug-likeness (QED) is 0.266. The van der Waals surface area contributed by atoms with E-state index in [0.717, 1.165) is 27.8 Å². The predicted octanol–water partition coefficient (Wildman–Crippen LogP) is 6.73. The minimum atomic E-state index is -3.96. The number of sulfonamides is 1. The standard InChI is InChI=1S/C30H27ClFNO4S/c1-19-4-14-24(15-5-19)38(34,35)33-18-27(20-8-12-23(32)13-9-20)25-16-28(36-2)29(37-3)17-26(25)30(33)21-6-10-22(31)11-7-21/h4-17,27,30H,18H2,1-3H3/t27-,30+/m1/s1. The zero-order valence-corrected chi connectivity index (χ0v) is 22.8. The van der Waals surface area contributed by atoms with Crippen LogP contribution in [0.3, 0.4) is 0 Å². The van der Waals surface area contributed by atoms with Crippen LogP contribution in [0.4, 0.5) is 4.39 Å². The van der Waals surface area contributed by atoms with Crippen molar-refractivity contribution in [1.29, 1.82) is 0 Å². The average Bonchev–Trinajstić information content (AvgIpc) is 2.92. The maximum atomic E-state index is 14.3. The van der Waals surface area contributed by atoms with Crippen LogP contribution in [0.1, 0.15) is 39.8 Å². The highest BCUT2D eigenvalue weighted by Crippen LogP contribution is 2.48. The number of halogens is 2. The van der Waals surface area contributed by atoms with E-state index in [1.807, 2.05) is 31.2 Å². The lowest BCUT2D eigenvalue weighted by Gasteiger charge is -2.41. The highest BCUT2D eigenvalue weighted by Gasteiger charge is 2.42. The second kappa shape index (κ2) is 10.4. The normalized spacial score (nSPS) is 17.6. The summed E-state index contributed by atoms with van der Waals surface area (Å²) in [5, 5.41) is 0.550. The van der Waals surface area contributed by atoms with Crippen LogP contribution in [0.15, 0.2) is 89.8 Å². The van der Waals surface area contributed by atoms with Crippen LogP contribution < -0.4 is 9.47 Å². The highest BCUT2D eigenvalue weighted by molar-refractivity contribution is 7.89. The first-order valence-electron chi connectivity index (χ1n) is 12.1. The first kappa shape index (κ1) is 26.2. The van der Waals surface area contributed by atoms with E-state index >= 15 is 0 Å². The summed E-state index contributed by atoms with van der Waals surface area (Å²) < 4.78 is 55.1. The molecule has 0 radical (unpaired) electrons. The van der Waals surface area contributed by atoms with Gasteiger partial charge in [0.2, 0.25) is 10.0 Å². The largest absolute Gasteiger partial charge is 0.493 e. The molecule has 0 N–H and O–H groups in total. The van der Waals surface area contributed by atoms with E-state index in [1.54, 1.807) is 62.8 Å². The van der Waals surface area contributed by atoms with Gasteiger partial charge in [0.15, 0.2) is 11.5 Å². The van der Waals surface area contributed by atoms with E-state index in [-0.39, 0.29) is 23.2 Å². The number of nitrogens with zero attached hydrogens (tertiary/aromatic N) is 1. The van der Waals surface area contributed by atoms with E-state index in [4.69, 9.17) is 21.1 Å². The zero-order chi connectivity index (χ0) is 27.0. The third kappa shape index (κ3) is 4.77. The Morgan fingerprint density at radius 3 is 1.95 bits per heavy atom. The Morgan fingerprint density at radius 2 is 1.37 bits per heavy atom. The number of hydrogen-bond acceptors (Lipinski definition) is 4. The van der Waals surface area contributed by atoms with Crippen LogP contribution in [0.2, 0.25) is 5.02 Å². The molecule has 1 heterocycles. The molecule has 0 unspecified atom stereocenters. The van der Waals surface area contributed by atoms with Crippen molar-refractivity contribution in [3.8, 4) is 11.5 Å². The summed E-state index contributed by atoms with van der Waals surface area (Å²) >= 11 is 6.19. The molecule has 5 nitrogen and oxygen atoms in total. The molecule has 196 valence electrons. The van der Waals surface area contributed by atoms with Gasteiger partial charge < -0.3 is 9.47 Å². The Hall–Kier alpha value is -3.39. The van der Waals surface area contributed by atoms with E-state index in [9.17, 15) is 12.8 Å². The van der Waals surface area contributed by atoms with Gasteiger partial charge in [-0.05, 0) is 77.7 Å². The van der Waals surface area contributed by atoms with Crippen LogP contribution >= 0.6 is 11.6 Å². The number of benzene rings is 4. The van der Waals surface area contributed by atoms with Crippen LogP contribution in [-0.2, 0) is 10.0 Å². The van der Waals surface area contributed by atoms with Crippen molar-refractivity contribution in [2.45, 2.75) is 23.8 Å². The number of fused-ring (bicyclic) bond motifs is 1. The van der Waals surface area contributed by atoms with E-state index in [0.29, 0.717) is 16.5 Å². The molecule has 38 heavy (non-hydrogen) atoms. The Bertz CT molecular complexity index is 1560. The van der Waals surface area contributed by atoms with Crippen molar-refractivity contribution in [2.24, 2.45) is 0 Å². The van der Waals surface area contributed by atoms with Gasteiger partial charge in [0.25, 0.3) is 0 Å². The SMILES string of the molecule is COc1cc2c(cc1OC)[C@H](c1ccc(Cl)cc1)N(S(=O)(=O)c1ccc(C)cc1)C[C@@H]2c1ccc(F)cc1. The number of ether oxygens (including phenoxy) is 2. The van der Waals surface area contributed by atoms with Gasteiger partial charge in [-0.3, -0.25) is 0 Å². The average molecular weight is 552 g/mol. The Labute approximate surface area is 227 Å². The first-order chi connectivity index (χ1) is 18.2. The molecular formula is C30H27ClFNO4S. The summed E-state index contributed by atoms with van der Waals surface area (Å²) in [7, 11) is -0.854. The molecule has 0 amide bonds. The Balaban J connectivity index is 1.79. The zero-order valence-electron chi connectivity index (χ0n) is 21.2. The first-order valence-corrected chi connectivity index (χ1v) is 13.9. The second-order valence-corrected chi connectivity index (χ2v) is 11.6. The van der Waals surface area contributed by atoms with Crippen LogP contribution in [0, 0.1) is 12.7 Å². The minimum Gasteiger partial charge on any atom is -0.493 e. The fourth-order valence-corrected chi connectivity index (χ4v) is 6.78. The molecule has 0 saturated carbocycles. The van der Waals surface area contributed by atoms with Crippen molar-refractivity contribution in [2.75, 3.05) is 20.8 Å². The third-order valence-corrected chi connectivity index (χ3v) is 9.09. The highest BCUT2D eigenvalue weighted by atomic mass is 35.5. The molecule has 1 aliphatic heterocycles. The molecule has 0 saturated heterocycles. The molecule has 0 bridgehead atoms. The van der Waals surface area contributed by atoms with E-state index in [2.05, 4.69) is 0 Å². The van der Waals surface area contributed by atoms with E-state index in [1.165, 1.54) is 16.4 Å². The maximum Gasteiger partial charge on any atom is 0.243 e. The summed E-state index contributed by atoms with van der Waals surface area (Å²) in [6, 6.07) is 23.2. The number of rotatable bonds is 6. The third-order valence-electron chi connectivity index (χ3n) is 7.00. The van der Waals surface area contributed by atoms with Gasteiger partial charge in [-0.25, -0.2) is 12.8 Å². The molecule has 0 aliphatic carbocycles. The molecule has 1 aliphatic rings. The van der Waals surface area contributed by atoms with Crippen molar-refractivity contribution in [3.05, 3.63) is 124 Å². The van der Waals surface area contributed by atoms with Crippen molar-refractivity contribution in [3.63, 3.8) is 0 Å².